The van der Waals surface area contributed by atoms with Crippen LogP contribution < -0.4 is 5.32 Å². The van der Waals surface area contributed by atoms with Gasteiger partial charge in [-0.1, -0.05) is 23.8 Å². The fourth-order valence-corrected chi connectivity index (χ4v) is 4.12. The van der Waals surface area contributed by atoms with Gasteiger partial charge in [-0.2, -0.15) is 0 Å². The Morgan fingerprint density at radius 1 is 1.35 bits per heavy atom. The monoisotopic (exact) mass is 274 g/mol. The minimum atomic E-state index is 0.239. The zero-order chi connectivity index (χ0) is 14.2. The van der Waals surface area contributed by atoms with Gasteiger partial charge in [-0.3, -0.25) is 4.90 Å². The number of piperidine rings is 1. The van der Waals surface area contributed by atoms with E-state index in [0.717, 1.165) is 19.6 Å². The molecular formula is C17H26N2O. The lowest BCUT2D eigenvalue weighted by Crippen LogP contribution is -2.39. The summed E-state index contributed by atoms with van der Waals surface area (Å²) in [7, 11) is 2.15. The third kappa shape index (κ3) is 2.28. The van der Waals surface area contributed by atoms with Crippen molar-refractivity contribution in [3.63, 3.8) is 0 Å². The van der Waals surface area contributed by atoms with Crippen LogP contribution in [-0.4, -0.2) is 43.3 Å². The summed E-state index contributed by atoms with van der Waals surface area (Å²) >= 11 is 0. The van der Waals surface area contributed by atoms with Crippen molar-refractivity contribution in [2.24, 2.45) is 0 Å². The van der Waals surface area contributed by atoms with Crippen molar-refractivity contribution in [3.05, 3.63) is 34.9 Å². The third-order valence-corrected chi connectivity index (χ3v) is 5.27. The van der Waals surface area contributed by atoms with E-state index in [0.29, 0.717) is 11.5 Å². The number of hydrogen-bond acceptors (Lipinski definition) is 3. The summed E-state index contributed by atoms with van der Waals surface area (Å²) in [5, 5.41) is 12.7. The van der Waals surface area contributed by atoms with Crippen LogP contribution in [0.4, 0.5) is 0 Å². The molecule has 3 heteroatoms. The molecule has 1 spiro atoms. The highest BCUT2D eigenvalue weighted by atomic mass is 16.3. The van der Waals surface area contributed by atoms with E-state index < -0.39 is 0 Å². The maximum absolute atomic E-state index is 9.25. The Hall–Kier alpha value is -0.900. The molecule has 2 aliphatic rings. The molecule has 3 nitrogen and oxygen atoms in total. The number of aliphatic hydroxyl groups excluding tert-OH is 1. The van der Waals surface area contributed by atoms with Crippen molar-refractivity contribution < 1.29 is 5.11 Å². The molecule has 1 aliphatic carbocycles. The van der Waals surface area contributed by atoms with Crippen LogP contribution in [-0.2, 0) is 5.41 Å². The normalized spacial score (nSPS) is 24.3. The summed E-state index contributed by atoms with van der Waals surface area (Å²) in [6, 6.07) is 7.46. The van der Waals surface area contributed by atoms with Crippen LogP contribution in [0.2, 0.25) is 0 Å². The van der Waals surface area contributed by atoms with Gasteiger partial charge < -0.3 is 10.4 Å². The number of rotatable bonds is 3. The van der Waals surface area contributed by atoms with E-state index >= 15 is 0 Å². The zero-order valence-electron chi connectivity index (χ0n) is 12.7. The fourth-order valence-electron chi connectivity index (χ4n) is 4.12. The highest BCUT2D eigenvalue weighted by Gasteiger charge is 2.45. The fraction of sp³-hybridized carbons (Fsp3) is 0.647. The van der Waals surface area contributed by atoms with Crippen molar-refractivity contribution in [2.75, 3.05) is 33.3 Å². The van der Waals surface area contributed by atoms with Crippen molar-refractivity contribution >= 4 is 0 Å². The van der Waals surface area contributed by atoms with Gasteiger partial charge in [0.25, 0.3) is 0 Å². The summed E-state index contributed by atoms with van der Waals surface area (Å²) < 4.78 is 0. The SMILES string of the molecule is Cc1ccc2c(c1)C(N(C)CCO)CC21CCNCC1. The molecule has 110 valence electrons. The molecule has 2 N–H and O–H groups in total. The summed E-state index contributed by atoms with van der Waals surface area (Å²) in [5.41, 5.74) is 4.78. The molecule has 0 aromatic heterocycles. The lowest BCUT2D eigenvalue weighted by molar-refractivity contribution is 0.158. The largest absolute Gasteiger partial charge is 0.395 e. The maximum Gasteiger partial charge on any atom is 0.0558 e. The number of nitrogens with one attached hydrogen (secondary N) is 1. The van der Waals surface area contributed by atoms with E-state index in [1.807, 2.05) is 0 Å². The Bertz CT molecular complexity index is 480. The van der Waals surface area contributed by atoms with Gasteiger partial charge in [0.1, 0.15) is 0 Å². The lowest BCUT2D eigenvalue weighted by Gasteiger charge is -2.36. The van der Waals surface area contributed by atoms with Gasteiger partial charge in [-0.15, -0.1) is 0 Å². The van der Waals surface area contributed by atoms with Gasteiger partial charge in [-0.25, -0.2) is 0 Å². The molecule has 1 aliphatic heterocycles. The number of aliphatic hydroxyl groups is 1. The Labute approximate surface area is 122 Å². The second kappa shape index (κ2) is 5.47. The molecule has 1 heterocycles. The summed E-state index contributed by atoms with van der Waals surface area (Å²) in [4.78, 5) is 2.33. The van der Waals surface area contributed by atoms with Gasteiger partial charge in [0.05, 0.1) is 6.61 Å². The number of fused-ring (bicyclic) bond motifs is 2. The second-order valence-electron chi connectivity index (χ2n) is 6.55. The van der Waals surface area contributed by atoms with Gasteiger partial charge in [0, 0.05) is 12.6 Å². The number of aryl methyl sites for hydroxylation is 1. The third-order valence-electron chi connectivity index (χ3n) is 5.27. The topological polar surface area (TPSA) is 35.5 Å². The molecule has 3 rings (SSSR count). The van der Waals surface area contributed by atoms with Crippen LogP contribution in [0.3, 0.4) is 0 Å². The van der Waals surface area contributed by atoms with E-state index in [1.54, 1.807) is 5.56 Å². The van der Waals surface area contributed by atoms with Crippen LogP contribution in [0, 0.1) is 6.92 Å². The molecule has 1 unspecified atom stereocenters. The van der Waals surface area contributed by atoms with Crippen LogP contribution >= 0.6 is 0 Å². The second-order valence-corrected chi connectivity index (χ2v) is 6.55. The quantitative estimate of drug-likeness (QED) is 0.885. The maximum atomic E-state index is 9.25. The number of benzene rings is 1. The molecule has 1 saturated heterocycles. The Morgan fingerprint density at radius 2 is 2.10 bits per heavy atom. The lowest BCUT2D eigenvalue weighted by atomic mass is 9.74. The van der Waals surface area contributed by atoms with E-state index in [2.05, 4.69) is 42.4 Å². The predicted molar refractivity (Wildman–Crippen MR) is 82.0 cm³/mol. The first-order chi connectivity index (χ1) is 9.66. The first-order valence-electron chi connectivity index (χ1n) is 7.79. The minimum absolute atomic E-state index is 0.239. The smallest absolute Gasteiger partial charge is 0.0558 e. The number of hydrogen-bond donors (Lipinski definition) is 2. The van der Waals surface area contributed by atoms with Gasteiger partial charge in [0.15, 0.2) is 0 Å². The first-order valence-corrected chi connectivity index (χ1v) is 7.79. The Morgan fingerprint density at radius 3 is 2.80 bits per heavy atom. The van der Waals surface area contributed by atoms with Gasteiger partial charge >= 0.3 is 0 Å². The average molecular weight is 274 g/mol. The van der Waals surface area contributed by atoms with Gasteiger partial charge in [-0.05, 0) is 62.9 Å². The Kier molecular flexibility index (Phi) is 3.85. The number of likely N-dealkylation sites (N-methyl/N-ethyl adjacent to an activating group) is 1. The van der Waals surface area contributed by atoms with Crippen LogP contribution in [0.15, 0.2) is 18.2 Å². The molecule has 0 bridgehead atoms. The van der Waals surface area contributed by atoms with E-state index in [-0.39, 0.29) is 6.61 Å². The highest BCUT2D eigenvalue weighted by molar-refractivity contribution is 5.44. The molecule has 0 radical (unpaired) electrons. The summed E-state index contributed by atoms with van der Waals surface area (Å²) in [6.07, 6.45) is 3.70. The first kappa shape index (κ1) is 14.1. The van der Waals surface area contributed by atoms with Gasteiger partial charge in [0.2, 0.25) is 0 Å². The molecule has 1 fully saturated rings. The Balaban J connectivity index is 1.99. The molecule has 1 aromatic carbocycles. The average Bonchev–Trinajstić information content (AvgIpc) is 2.74. The van der Waals surface area contributed by atoms with Crippen molar-refractivity contribution in [1.82, 2.24) is 10.2 Å². The number of nitrogens with zero attached hydrogens (tertiary/aromatic N) is 1. The summed E-state index contributed by atoms with van der Waals surface area (Å²) in [6.45, 7) is 5.43. The van der Waals surface area contributed by atoms with Crippen molar-refractivity contribution in [3.8, 4) is 0 Å². The van der Waals surface area contributed by atoms with E-state index in [9.17, 15) is 5.11 Å². The van der Waals surface area contributed by atoms with Crippen LogP contribution in [0.1, 0.15) is 42.0 Å². The molecular weight excluding hydrogens is 248 g/mol. The zero-order valence-corrected chi connectivity index (χ0v) is 12.7. The summed E-state index contributed by atoms with van der Waals surface area (Å²) in [5.74, 6) is 0. The molecule has 1 atom stereocenters. The highest BCUT2D eigenvalue weighted by Crippen LogP contribution is 2.51. The molecule has 0 saturated carbocycles. The van der Waals surface area contributed by atoms with Crippen molar-refractivity contribution in [1.29, 1.82) is 0 Å². The van der Waals surface area contributed by atoms with Crippen LogP contribution in [0.25, 0.3) is 0 Å². The molecule has 0 amide bonds. The van der Waals surface area contributed by atoms with Crippen molar-refractivity contribution in [2.45, 2.75) is 37.6 Å². The van der Waals surface area contributed by atoms with E-state index in [4.69, 9.17) is 0 Å². The molecule has 1 aromatic rings. The minimum Gasteiger partial charge on any atom is -0.395 e. The molecule has 20 heavy (non-hydrogen) atoms. The standard InChI is InChI=1S/C17H26N2O/c1-13-3-4-15-14(11-13)16(19(2)9-10-20)12-17(15)5-7-18-8-6-17/h3-4,11,16,18,20H,5-10,12H2,1-2H3. The van der Waals surface area contributed by atoms with Crippen LogP contribution in [0.5, 0.6) is 0 Å². The predicted octanol–water partition coefficient (Wildman–Crippen LogP) is 1.99. The van der Waals surface area contributed by atoms with E-state index in [1.165, 1.54) is 30.4 Å².